The SMILES string of the molecule is CC.CCOC(=O)c1ccc(C2CC=C(OSC(F)(F)F)CC2)cc1. The number of esters is 1. The van der Waals surface area contributed by atoms with Gasteiger partial charge in [0.1, 0.15) is 5.76 Å². The van der Waals surface area contributed by atoms with Crippen LogP contribution >= 0.6 is 12.0 Å². The van der Waals surface area contributed by atoms with Crippen LogP contribution in [0.3, 0.4) is 0 Å². The number of rotatable bonds is 5. The number of hydrogen-bond donors (Lipinski definition) is 0. The second-order valence-corrected chi connectivity index (χ2v) is 5.89. The Kier molecular flexibility index (Phi) is 8.89. The maximum atomic E-state index is 12.1. The summed E-state index contributed by atoms with van der Waals surface area (Å²) < 4.78 is 45.9. The topological polar surface area (TPSA) is 35.5 Å². The van der Waals surface area contributed by atoms with Gasteiger partial charge in [-0.2, -0.15) is 13.2 Å². The van der Waals surface area contributed by atoms with Gasteiger partial charge in [-0.05, 0) is 49.5 Å². The van der Waals surface area contributed by atoms with Crippen LogP contribution in [0, 0.1) is 0 Å². The molecule has 0 bridgehead atoms. The highest BCUT2D eigenvalue weighted by molar-refractivity contribution is 7.95. The molecule has 0 heterocycles. The van der Waals surface area contributed by atoms with Crippen molar-refractivity contribution in [3.63, 3.8) is 0 Å². The van der Waals surface area contributed by atoms with Gasteiger partial charge in [0, 0.05) is 6.42 Å². The number of carbonyl (C=O) groups is 1. The highest BCUT2D eigenvalue weighted by Crippen LogP contribution is 2.38. The van der Waals surface area contributed by atoms with Gasteiger partial charge in [0.2, 0.25) is 0 Å². The van der Waals surface area contributed by atoms with Gasteiger partial charge in [0.25, 0.3) is 0 Å². The zero-order chi connectivity index (χ0) is 18.9. The molecule has 0 saturated heterocycles. The second kappa shape index (κ2) is 10.4. The van der Waals surface area contributed by atoms with E-state index in [0.29, 0.717) is 37.2 Å². The molecule has 7 heteroatoms. The van der Waals surface area contributed by atoms with Gasteiger partial charge < -0.3 is 8.92 Å². The Morgan fingerprint density at radius 2 is 1.88 bits per heavy atom. The lowest BCUT2D eigenvalue weighted by atomic mass is 9.87. The number of hydrogen-bond acceptors (Lipinski definition) is 4. The highest BCUT2D eigenvalue weighted by Gasteiger charge is 2.32. The van der Waals surface area contributed by atoms with Crippen molar-refractivity contribution in [2.45, 2.75) is 51.5 Å². The molecule has 1 unspecified atom stereocenters. The first-order valence-electron chi connectivity index (χ1n) is 8.27. The van der Waals surface area contributed by atoms with Crippen LogP contribution in [0.15, 0.2) is 36.1 Å². The van der Waals surface area contributed by atoms with Crippen molar-refractivity contribution in [1.29, 1.82) is 0 Å². The normalized spacial score (nSPS) is 17.0. The number of allylic oxidation sites excluding steroid dienone is 2. The molecule has 1 aliphatic rings. The fraction of sp³-hybridized carbons (Fsp3) is 0.500. The predicted octanol–water partition coefficient (Wildman–Crippen LogP) is 6.23. The summed E-state index contributed by atoms with van der Waals surface area (Å²) in [4.78, 5) is 11.6. The average Bonchev–Trinajstić information content (AvgIpc) is 2.62. The summed E-state index contributed by atoms with van der Waals surface area (Å²) in [6.45, 7) is 6.07. The van der Waals surface area contributed by atoms with Crippen LogP contribution in [0.2, 0.25) is 0 Å². The summed E-state index contributed by atoms with van der Waals surface area (Å²) in [7, 11) is 0. The Labute approximate surface area is 150 Å². The summed E-state index contributed by atoms with van der Waals surface area (Å²) in [5.41, 5.74) is -2.84. The summed E-state index contributed by atoms with van der Waals surface area (Å²) in [5.74, 6) is 0.226. The van der Waals surface area contributed by atoms with Gasteiger partial charge in [-0.1, -0.05) is 26.0 Å². The van der Waals surface area contributed by atoms with E-state index in [1.54, 1.807) is 25.1 Å². The number of alkyl halides is 3. The molecule has 2 rings (SSSR count). The van der Waals surface area contributed by atoms with E-state index in [2.05, 4.69) is 0 Å². The van der Waals surface area contributed by atoms with Gasteiger partial charge >= 0.3 is 11.5 Å². The quantitative estimate of drug-likeness (QED) is 0.451. The third-order valence-corrected chi connectivity index (χ3v) is 3.99. The zero-order valence-corrected chi connectivity index (χ0v) is 15.4. The largest absolute Gasteiger partial charge is 0.479 e. The van der Waals surface area contributed by atoms with Crippen molar-refractivity contribution >= 4 is 18.0 Å². The minimum atomic E-state index is -4.39. The lowest BCUT2D eigenvalue weighted by Gasteiger charge is -2.22. The van der Waals surface area contributed by atoms with E-state index < -0.39 is 17.6 Å². The molecular formula is C18H23F3O3S. The first kappa shape index (κ1) is 21.4. The van der Waals surface area contributed by atoms with Crippen LogP contribution in [-0.4, -0.2) is 18.1 Å². The number of halogens is 3. The Morgan fingerprint density at radius 3 is 2.36 bits per heavy atom. The second-order valence-electron chi connectivity index (χ2n) is 5.10. The van der Waals surface area contributed by atoms with E-state index in [1.807, 2.05) is 26.0 Å². The maximum Gasteiger partial charge on any atom is 0.479 e. The minimum absolute atomic E-state index is 0.217. The highest BCUT2D eigenvalue weighted by atomic mass is 32.2. The smallest absolute Gasteiger partial charge is 0.462 e. The Balaban J connectivity index is 0.00000151. The molecule has 0 aromatic heterocycles. The minimum Gasteiger partial charge on any atom is -0.462 e. The maximum absolute atomic E-state index is 12.1. The van der Waals surface area contributed by atoms with Crippen LogP contribution in [0.4, 0.5) is 13.2 Å². The predicted molar refractivity (Wildman–Crippen MR) is 93.2 cm³/mol. The lowest BCUT2D eigenvalue weighted by molar-refractivity contribution is -0.0385. The molecule has 1 atom stereocenters. The van der Waals surface area contributed by atoms with Crippen molar-refractivity contribution in [3.8, 4) is 0 Å². The third-order valence-electron chi connectivity index (χ3n) is 3.51. The molecule has 0 spiro atoms. The summed E-state index contributed by atoms with van der Waals surface area (Å²) in [6.07, 6.45) is 3.50. The molecule has 0 N–H and O–H groups in total. The summed E-state index contributed by atoms with van der Waals surface area (Å²) >= 11 is -0.473. The summed E-state index contributed by atoms with van der Waals surface area (Å²) in [6, 6.07) is 7.15. The summed E-state index contributed by atoms with van der Waals surface area (Å²) in [5, 5.41) is 0. The van der Waals surface area contributed by atoms with Gasteiger partial charge in [-0.25, -0.2) is 4.79 Å². The Hall–Kier alpha value is -1.63. The number of ether oxygens (including phenoxy) is 1. The molecular weight excluding hydrogens is 353 g/mol. The standard InChI is InChI=1S/C16H17F3O3S.C2H6/c1-2-21-15(20)13-5-3-11(4-6-13)12-7-9-14(10-8-12)22-23-16(17,18)19;1-2/h3-6,9,12H,2,7-8,10H2,1H3;1-2H3. The van der Waals surface area contributed by atoms with Crippen molar-refractivity contribution in [1.82, 2.24) is 0 Å². The van der Waals surface area contributed by atoms with E-state index in [1.165, 1.54) is 0 Å². The van der Waals surface area contributed by atoms with Crippen molar-refractivity contribution in [2.24, 2.45) is 0 Å². The van der Waals surface area contributed by atoms with Crippen LogP contribution in [0.25, 0.3) is 0 Å². The molecule has 1 aromatic carbocycles. The Morgan fingerprint density at radius 1 is 1.24 bits per heavy atom. The molecule has 1 aliphatic carbocycles. The van der Waals surface area contributed by atoms with Gasteiger partial charge in [-0.3, -0.25) is 0 Å². The molecule has 25 heavy (non-hydrogen) atoms. The van der Waals surface area contributed by atoms with E-state index in [4.69, 9.17) is 8.92 Å². The molecule has 0 amide bonds. The van der Waals surface area contributed by atoms with Crippen LogP contribution in [0.1, 0.15) is 61.9 Å². The fourth-order valence-corrected chi connectivity index (χ4v) is 2.75. The van der Waals surface area contributed by atoms with E-state index in [0.717, 1.165) is 5.56 Å². The Bertz CT molecular complexity index is 568. The van der Waals surface area contributed by atoms with E-state index >= 15 is 0 Å². The molecule has 0 saturated carbocycles. The van der Waals surface area contributed by atoms with Gasteiger partial charge in [0.05, 0.1) is 12.2 Å². The lowest BCUT2D eigenvalue weighted by Crippen LogP contribution is -2.08. The molecule has 1 aromatic rings. The van der Waals surface area contributed by atoms with Gasteiger partial charge in [0.15, 0.2) is 12.0 Å². The monoisotopic (exact) mass is 376 g/mol. The molecule has 0 fully saturated rings. The van der Waals surface area contributed by atoms with E-state index in [9.17, 15) is 18.0 Å². The molecule has 140 valence electrons. The zero-order valence-electron chi connectivity index (χ0n) is 14.6. The fourth-order valence-electron chi connectivity index (χ4n) is 2.40. The average molecular weight is 376 g/mol. The molecule has 0 aliphatic heterocycles. The van der Waals surface area contributed by atoms with Gasteiger partial charge in [-0.15, -0.1) is 0 Å². The number of carbonyl (C=O) groups excluding carboxylic acids is 1. The molecule has 0 radical (unpaired) electrons. The van der Waals surface area contributed by atoms with Crippen LogP contribution in [-0.2, 0) is 8.92 Å². The number of benzene rings is 1. The van der Waals surface area contributed by atoms with Crippen molar-refractivity contribution in [3.05, 3.63) is 47.2 Å². The van der Waals surface area contributed by atoms with Crippen molar-refractivity contribution in [2.75, 3.05) is 6.61 Å². The van der Waals surface area contributed by atoms with Crippen molar-refractivity contribution < 1.29 is 26.9 Å². The molecule has 3 nitrogen and oxygen atoms in total. The van der Waals surface area contributed by atoms with Crippen LogP contribution < -0.4 is 0 Å². The van der Waals surface area contributed by atoms with E-state index in [-0.39, 0.29) is 11.9 Å². The van der Waals surface area contributed by atoms with Crippen LogP contribution in [0.5, 0.6) is 0 Å². The third kappa shape index (κ3) is 7.42. The first-order chi connectivity index (χ1) is 11.9. The first-order valence-corrected chi connectivity index (χ1v) is 9.01.